The minimum absolute atomic E-state index is 0.0242. The standard InChI is InChI=1S/C10H16O6/c1-14-7-8-16-10(13)4-3-9(12)15-6-2-5-11/h5H,2-4,6-8H2,1H3. The lowest BCUT2D eigenvalue weighted by molar-refractivity contribution is -0.151. The molecule has 0 saturated carbocycles. The van der Waals surface area contributed by atoms with Gasteiger partial charge in [-0.1, -0.05) is 0 Å². The van der Waals surface area contributed by atoms with Crippen LogP contribution in [0.1, 0.15) is 19.3 Å². The smallest absolute Gasteiger partial charge is 0.306 e. The third kappa shape index (κ3) is 9.14. The second-order valence-electron chi connectivity index (χ2n) is 2.89. The van der Waals surface area contributed by atoms with E-state index in [9.17, 15) is 14.4 Å². The maximum absolute atomic E-state index is 11.0. The maximum atomic E-state index is 11.0. The predicted octanol–water partition coefficient (Wildman–Crippen LogP) is 0.0884. The van der Waals surface area contributed by atoms with Crippen LogP contribution >= 0.6 is 0 Å². The highest BCUT2D eigenvalue weighted by Gasteiger charge is 2.08. The van der Waals surface area contributed by atoms with Gasteiger partial charge in [0.15, 0.2) is 0 Å². The van der Waals surface area contributed by atoms with Crippen molar-refractivity contribution in [2.45, 2.75) is 19.3 Å². The van der Waals surface area contributed by atoms with E-state index in [0.717, 1.165) is 0 Å². The fourth-order valence-electron chi connectivity index (χ4n) is 0.808. The first-order chi connectivity index (χ1) is 7.70. The molecule has 16 heavy (non-hydrogen) atoms. The molecule has 0 radical (unpaired) electrons. The van der Waals surface area contributed by atoms with Crippen LogP contribution in [0.4, 0.5) is 0 Å². The highest BCUT2D eigenvalue weighted by Crippen LogP contribution is 1.96. The molecule has 92 valence electrons. The summed E-state index contributed by atoms with van der Waals surface area (Å²) >= 11 is 0. The van der Waals surface area contributed by atoms with Crippen LogP contribution in [0.3, 0.4) is 0 Å². The number of esters is 2. The summed E-state index contributed by atoms with van der Waals surface area (Å²) in [6.07, 6.45) is 0.768. The van der Waals surface area contributed by atoms with Gasteiger partial charge in [0.2, 0.25) is 0 Å². The molecule has 0 fully saturated rings. The Morgan fingerprint density at radius 2 is 1.56 bits per heavy atom. The van der Waals surface area contributed by atoms with Crippen molar-refractivity contribution in [3.63, 3.8) is 0 Å². The van der Waals surface area contributed by atoms with Crippen molar-refractivity contribution in [2.24, 2.45) is 0 Å². The van der Waals surface area contributed by atoms with Crippen LogP contribution in [0.5, 0.6) is 0 Å². The van der Waals surface area contributed by atoms with Crippen molar-refractivity contribution in [1.82, 2.24) is 0 Å². The molecule has 0 aromatic rings. The van der Waals surface area contributed by atoms with Crippen molar-refractivity contribution in [3.05, 3.63) is 0 Å². The monoisotopic (exact) mass is 232 g/mol. The van der Waals surface area contributed by atoms with E-state index in [1.54, 1.807) is 0 Å². The van der Waals surface area contributed by atoms with Crippen molar-refractivity contribution < 1.29 is 28.6 Å². The molecule has 0 atom stereocenters. The van der Waals surface area contributed by atoms with Crippen LogP contribution in [-0.2, 0) is 28.6 Å². The Morgan fingerprint density at radius 1 is 1.00 bits per heavy atom. The quantitative estimate of drug-likeness (QED) is 0.318. The van der Waals surface area contributed by atoms with E-state index in [1.807, 2.05) is 0 Å². The lowest BCUT2D eigenvalue weighted by Crippen LogP contribution is -2.13. The van der Waals surface area contributed by atoms with Gasteiger partial charge >= 0.3 is 11.9 Å². The largest absolute Gasteiger partial charge is 0.465 e. The van der Waals surface area contributed by atoms with Crippen molar-refractivity contribution >= 4 is 18.2 Å². The SMILES string of the molecule is COCCOC(=O)CCC(=O)OCCC=O. The molecule has 0 aliphatic carbocycles. The van der Waals surface area contributed by atoms with E-state index in [-0.39, 0.29) is 32.5 Å². The minimum atomic E-state index is -0.509. The number of aldehydes is 1. The first kappa shape index (κ1) is 14.6. The van der Waals surface area contributed by atoms with Gasteiger partial charge in [-0.2, -0.15) is 0 Å². The molecule has 0 saturated heterocycles. The van der Waals surface area contributed by atoms with Crippen molar-refractivity contribution in [1.29, 1.82) is 0 Å². The molecule has 0 amide bonds. The predicted molar refractivity (Wildman–Crippen MR) is 53.7 cm³/mol. The molecule has 0 aliphatic heterocycles. The van der Waals surface area contributed by atoms with Crippen LogP contribution in [0.15, 0.2) is 0 Å². The van der Waals surface area contributed by atoms with Crippen LogP contribution < -0.4 is 0 Å². The van der Waals surface area contributed by atoms with E-state index >= 15 is 0 Å². The van der Waals surface area contributed by atoms with Crippen LogP contribution in [0, 0.1) is 0 Å². The molecule has 0 aliphatic rings. The molecular formula is C10H16O6. The van der Waals surface area contributed by atoms with Gasteiger partial charge in [-0.3, -0.25) is 9.59 Å². The lowest BCUT2D eigenvalue weighted by atomic mass is 10.3. The fourth-order valence-corrected chi connectivity index (χ4v) is 0.808. The van der Waals surface area contributed by atoms with E-state index in [0.29, 0.717) is 12.9 Å². The van der Waals surface area contributed by atoms with E-state index in [2.05, 4.69) is 9.47 Å². The minimum Gasteiger partial charge on any atom is -0.465 e. The van der Waals surface area contributed by atoms with Gasteiger partial charge in [0, 0.05) is 13.5 Å². The molecule has 0 spiro atoms. The number of methoxy groups -OCH3 is 1. The summed E-state index contributed by atoms with van der Waals surface area (Å²) in [6.45, 7) is 0.562. The summed E-state index contributed by atoms with van der Waals surface area (Å²) in [5.41, 5.74) is 0. The molecular weight excluding hydrogens is 216 g/mol. The zero-order valence-corrected chi connectivity index (χ0v) is 9.27. The Bertz CT molecular complexity index is 225. The van der Waals surface area contributed by atoms with Crippen LogP contribution in [0.25, 0.3) is 0 Å². The first-order valence-electron chi connectivity index (χ1n) is 4.94. The van der Waals surface area contributed by atoms with E-state index in [1.165, 1.54) is 7.11 Å². The molecule has 0 unspecified atom stereocenters. The lowest BCUT2D eigenvalue weighted by Gasteiger charge is -2.04. The fraction of sp³-hybridized carbons (Fsp3) is 0.700. The van der Waals surface area contributed by atoms with Gasteiger partial charge in [0.1, 0.15) is 12.9 Å². The average Bonchev–Trinajstić information content (AvgIpc) is 2.27. The van der Waals surface area contributed by atoms with Crippen LogP contribution in [0.2, 0.25) is 0 Å². The topological polar surface area (TPSA) is 78.9 Å². The summed E-state index contributed by atoms with van der Waals surface area (Å²) in [5.74, 6) is -0.977. The molecule has 0 N–H and O–H groups in total. The summed E-state index contributed by atoms with van der Waals surface area (Å²) < 4.78 is 14.1. The molecule has 0 rings (SSSR count). The van der Waals surface area contributed by atoms with E-state index in [4.69, 9.17) is 4.74 Å². The Kier molecular flexibility index (Phi) is 9.20. The van der Waals surface area contributed by atoms with E-state index < -0.39 is 11.9 Å². The zero-order valence-electron chi connectivity index (χ0n) is 9.27. The second-order valence-corrected chi connectivity index (χ2v) is 2.89. The normalized spacial score (nSPS) is 9.56. The third-order valence-corrected chi connectivity index (χ3v) is 1.58. The van der Waals surface area contributed by atoms with Gasteiger partial charge in [-0.25, -0.2) is 0 Å². The number of carbonyl (C=O) groups is 3. The molecule has 0 bridgehead atoms. The molecule has 6 nitrogen and oxygen atoms in total. The maximum Gasteiger partial charge on any atom is 0.306 e. The summed E-state index contributed by atoms with van der Waals surface area (Å²) in [7, 11) is 1.50. The Hall–Kier alpha value is -1.43. The third-order valence-electron chi connectivity index (χ3n) is 1.58. The molecule has 0 aromatic carbocycles. The number of carbonyl (C=O) groups excluding carboxylic acids is 3. The van der Waals surface area contributed by atoms with Gasteiger partial charge in [-0.15, -0.1) is 0 Å². The Morgan fingerprint density at radius 3 is 2.06 bits per heavy atom. The van der Waals surface area contributed by atoms with Gasteiger partial charge in [-0.05, 0) is 0 Å². The van der Waals surface area contributed by atoms with Gasteiger partial charge in [0.25, 0.3) is 0 Å². The number of hydrogen-bond acceptors (Lipinski definition) is 6. The summed E-state index contributed by atoms with van der Waals surface area (Å²) in [6, 6.07) is 0. The van der Waals surface area contributed by atoms with Crippen molar-refractivity contribution in [3.8, 4) is 0 Å². The summed E-state index contributed by atoms with van der Waals surface area (Å²) in [4.78, 5) is 31.9. The van der Waals surface area contributed by atoms with Gasteiger partial charge < -0.3 is 19.0 Å². The Labute approximate surface area is 93.8 Å². The zero-order chi connectivity index (χ0) is 12.2. The summed E-state index contributed by atoms with van der Waals surface area (Å²) in [5, 5.41) is 0. The first-order valence-corrected chi connectivity index (χ1v) is 4.94. The Balaban J connectivity index is 3.43. The highest BCUT2D eigenvalue weighted by atomic mass is 16.6. The number of ether oxygens (including phenoxy) is 3. The van der Waals surface area contributed by atoms with Gasteiger partial charge in [0.05, 0.1) is 26.1 Å². The highest BCUT2D eigenvalue weighted by molar-refractivity contribution is 5.77. The average molecular weight is 232 g/mol. The van der Waals surface area contributed by atoms with Crippen molar-refractivity contribution in [2.75, 3.05) is 26.9 Å². The number of rotatable bonds is 9. The number of hydrogen-bond donors (Lipinski definition) is 0. The second kappa shape index (κ2) is 10.1. The van der Waals surface area contributed by atoms with Crippen LogP contribution in [-0.4, -0.2) is 45.2 Å². The molecule has 6 heteroatoms. The molecule has 0 aromatic heterocycles. The molecule has 0 heterocycles.